The number of nitrogens with zero attached hydrogens (tertiary/aromatic N) is 2. The van der Waals surface area contributed by atoms with E-state index in [0.717, 1.165) is 17.0 Å². The van der Waals surface area contributed by atoms with Crippen molar-refractivity contribution in [3.05, 3.63) is 45.2 Å². The molecule has 1 aromatic carbocycles. The third-order valence-electron chi connectivity index (χ3n) is 2.79. The Balaban J connectivity index is 2.19. The van der Waals surface area contributed by atoms with Crippen LogP contribution in [0.1, 0.15) is 17.0 Å². The molecule has 0 aliphatic rings. The number of ether oxygens (including phenoxy) is 1. The molecule has 1 aromatic heterocycles. The number of rotatable bonds is 4. The molecule has 3 nitrogen and oxygen atoms in total. The van der Waals surface area contributed by atoms with Crippen molar-refractivity contribution < 1.29 is 4.74 Å². The fourth-order valence-electron chi connectivity index (χ4n) is 1.78. The zero-order chi connectivity index (χ0) is 14.0. The summed E-state index contributed by atoms with van der Waals surface area (Å²) in [6.07, 6.45) is 0. The van der Waals surface area contributed by atoms with Gasteiger partial charge in [0.05, 0.1) is 22.3 Å². The van der Waals surface area contributed by atoms with Crippen LogP contribution in [0, 0.1) is 6.92 Å². The van der Waals surface area contributed by atoms with Crippen LogP contribution in [0.25, 0.3) is 0 Å². The lowest BCUT2D eigenvalue weighted by Gasteiger charge is -2.10. The molecule has 19 heavy (non-hydrogen) atoms. The van der Waals surface area contributed by atoms with Crippen molar-refractivity contribution in [2.45, 2.75) is 19.4 Å². The van der Waals surface area contributed by atoms with Gasteiger partial charge >= 0.3 is 0 Å². The normalized spacial score (nSPS) is 10.8. The van der Waals surface area contributed by atoms with Crippen LogP contribution in [0.4, 0.5) is 0 Å². The average Bonchev–Trinajstić information content (AvgIpc) is 2.62. The molecule has 6 heteroatoms. The Hall–Kier alpha value is -0.900. The molecule has 0 spiro atoms. The first kappa shape index (κ1) is 14.5. The van der Waals surface area contributed by atoms with Gasteiger partial charge in [-0.1, -0.05) is 23.2 Å². The number of alkyl halides is 1. The Morgan fingerprint density at radius 3 is 2.63 bits per heavy atom. The fourth-order valence-corrected chi connectivity index (χ4v) is 2.39. The third kappa shape index (κ3) is 3.16. The smallest absolute Gasteiger partial charge is 0.131 e. The van der Waals surface area contributed by atoms with Gasteiger partial charge in [0.2, 0.25) is 0 Å². The predicted molar refractivity (Wildman–Crippen MR) is 78.3 cm³/mol. The van der Waals surface area contributed by atoms with E-state index in [1.165, 1.54) is 0 Å². The van der Waals surface area contributed by atoms with E-state index in [2.05, 4.69) is 5.10 Å². The largest absolute Gasteiger partial charge is 0.487 e. The van der Waals surface area contributed by atoms with Crippen LogP contribution in [-0.2, 0) is 19.5 Å². The van der Waals surface area contributed by atoms with Crippen LogP contribution in [0.5, 0.6) is 5.75 Å². The Morgan fingerprint density at radius 2 is 2.05 bits per heavy atom. The average molecular weight is 320 g/mol. The molecule has 0 fully saturated rings. The van der Waals surface area contributed by atoms with Gasteiger partial charge in [0.15, 0.2) is 0 Å². The quantitative estimate of drug-likeness (QED) is 0.783. The number of aryl methyl sites for hydroxylation is 2. The molecule has 1 heterocycles. The highest BCUT2D eigenvalue weighted by atomic mass is 35.5. The maximum absolute atomic E-state index is 6.17. The van der Waals surface area contributed by atoms with Gasteiger partial charge in [0.25, 0.3) is 0 Å². The standard InChI is InChI=1S/C13H13Cl3N2O/c1-8-13(16)11(18(2)17-8)7-19-12-4-3-10(15)5-9(12)6-14/h3-5H,6-7H2,1-2H3. The maximum Gasteiger partial charge on any atom is 0.131 e. The first-order valence-corrected chi connectivity index (χ1v) is 6.97. The van der Waals surface area contributed by atoms with Crippen molar-refractivity contribution in [1.82, 2.24) is 9.78 Å². The molecule has 0 aliphatic carbocycles. The van der Waals surface area contributed by atoms with E-state index in [4.69, 9.17) is 39.5 Å². The molecular weight excluding hydrogens is 307 g/mol. The monoisotopic (exact) mass is 318 g/mol. The van der Waals surface area contributed by atoms with Crippen LogP contribution >= 0.6 is 34.8 Å². The molecule has 0 radical (unpaired) electrons. The lowest BCUT2D eigenvalue weighted by atomic mass is 10.2. The van der Waals surface area contributed by atoms with Gasteiger partial charge in [-0.3, -0.25) is 4.68 Å². The summed E-state index contributed by atoms with van der Waals surface area (Å²) >= 11 is 18.0. The van der Waals surface area contributed by atoms with Crippen LogP contribution in [0.2, 0.25) is 10.0 Å². The Kier molecular flexibility index (Phi) is 4.61. The lowest BCUT2D eigenvalue weighted by molar-refractivity contribution is 0.293. The number of halogens is 3. The van der Waals surface area contributed by atoms with E-state index in [1.54, 1.807) is 22.9 Å². The van der Waals surface area contributed by atoms with Crippen LogP contribution in [0.15, 0.2) is 18.2 Å². The molecule has 102 valence electrons. The van der Waals surface area contributed by atoms with E-state index in [9.17, 15) is 0 Å². The molecule has 2 aromatic rings. The van der Waals surface area contributed by atoms with Gasteiger partial charge in [-0.25, -0.2) is 0 Å². The van der Waals surface area contributed by atoms with Gasteiger partial charge in [0, 0.05) is 17.6 Å². The van der Waals surface area contributed by atoms with E-state index in [-0.39, 0.29) is 0 Å². The summed E-state index contributed by atoms with van der Waals surface area (Å²) in [5.41, 5.74) is 2.47. The van der Waals surface area contributed by atoms with Crippen molar-refractivity contribution in [3.8, 4) is 5.75 Å². The van der Waals surface area contributed by atoms with Crippen molar-refractivity contribution in [2.24, 2.45) is 7.05 Å². The van der Waals surface area contributed by atoms with Gasteiger partial charge in [0.1, 0.15) is 12.4 Å². The molecule has 0 atom stereocenters. The van der Waals surface area contributed by atoms with E-state index >= 15 is 0 Å². The zero-order valence-electron chi connectivity index (χ0n) is 10.6. The molecule has 2 rings (SSSR count). The minimum Gasteiger partial charge on any atom is -0.487 e. The molecule has 0 saturated carbocycles. The van der Waals surface area contributed by atoms with Crippen LogP contribution in [0.3, 0.4) is 0 Å². The first-order valence-electron chi connectivity index (χ1n) is 5.68. The van der Waals surface area contributed by atoms with Crippen molar-refractivity contribution >= 4 is 34.8 Å². The Morgan fingerprint density at radius 1 is 1.32 bits per heavy atom. The molecule has 0 aliphatic heterocycles. The first-order chi connectivity index (χ1) is 9.02. The van der Waals surface area contributed by atoms with E-state index in [1.807, 2.05) is 14.0 Å². The highest BCUT2D eigenvalue weighted by Crippen LogP contribution is 2.27. The van der Waals surface area contributed by atoms with Gasteiger partial charge in [-0.05, 0) is 25.1 Å². The minimum atomic E-state index is 0.335. The zero-order valence-corrected chi connectivity index (χ0v) is 12.9. The second-order valence-corrected chi connectivity index (χ2v) is 5.23. The highest BCUT2D eigenvalue weighted by molar-refractivity contribution is 6.32. The second-order valence-electron chi connectivity index (χ2n) is 4.14. The fraction of sp³-hybridized carbons (Fsp3) is 0.308. The topological polar surface area (TPSA) is 27.1 Å². The van der Waals surface area contributed by atoms with Crippen LogP contribution < -0.4 is 4.74 Å². The Bertz CT molecular complexity index is 596. The summed E-state index contributed by atoms with van der Waals surface area (Å²) in [5, 5.41) is 5.50. The SMILES string of the molecule is Cc1nn(C)c(COc2ccc(Cl)cc2CCl)c1Cl. The Labute approximate surface area is 127 Å². The number of hydrogen-bond acceptors (Lipinski definition) is 2. The van der Waals surface area contributed by atoms with Gasteiger partial charge < -0.3 is 4.74 Å². The maximum atomic E-state index is 6.17. The highest BCUT2D eigenvalue weighted by Gasteiger charge is 2.12. The predicted octanol–water partition coefficient (Wildman–Crippen LogP) is 4.35. The summed E-state index contributed by atoms with van der Waals surface area (Å²) in [7, 11) is 1.84. The number of hydrogen-bond donors (Lipinski definition) is 0. The molecule has 0 amide bonds. The second kappa shape index (κ2) is 6.04. The van der Waals surface area contributed by atoms with Gasteiger partial charge in [-0.2, -0.15) is 5.10 Å². The molecule has 0 bridgehead atoms. The van der Waals surface area contributed by atoms with Crippen molar-refractivity contribution in [3.63, 3.8) is 0 Å². The molecular formula is C13H13Cl3N2O. The third-order valence-corrected chi connectivity index (χ3v) is 3.81. The summed E-state index contributed by atoms with van der Waals surface area (Å²) in [4.78, 5) is 0. The molecule has 0 unspecified atom stereocenters. The van der Waals surface area contributed by atoms with Crippen LogP contribution in [-0.4, -0.2) is 9.78 Å². The summed E-state index contributed by atoms with van der Waals surface area (Å²) in [6, 6.07) is 5.36. The summed E-state index contributed by atoms with van der Waals surface area (Å²) in [6.45, 7) is 2.19. The minimum absolute atomic E-state index is 0.335. The summed E-state index contributed by atoms with van der Waals surface area (Å²) in [5.74, 6) is 1.04. The lowest BCUT2D eigenvalue weighted by Crippen LogP contribution is -2.04. The van der Waals surface area contributed by atoms with E-state index in [0.29, 0.717) is 28.3 Å². The van der Waals surface area contributed by atoms with E-state index < -0.39 is 0 Å². The van der Waals surface area contributed by atoms with Crippen molar-refractivity contribution in [1.29, 1.82) is 0 Å². The summed E-state index contributed by atoms with van der Waals surface area (Å²) < 4.78 is 7.47. The van der Waals surface area contributed by atoms with Gasteiger partial charge in [-0.15, -0.1) is 11.6 Å². The number of aromatic nitrogens is 2. The van der Waals surface area contributed by atoms with Crippen molar-refractivity contribution in [2.75, 3.05) is 0 Å². The number of benzene rings is 1. The molecule has 0 N–H and O–H groups in total. The molecule has 0 saturated heterocycles.